The number of halogens is 1. The highest BCUT2D eigenvalue weighted by Gasteiger charge is 2.31. The monoisotopic (exact) mass is 290 g/mol. The van der Waals surface area contributed by atoms with Crippen molar-refractivity contribution in [3.8, 4) is 0 Å². The molecule has 2 saturated carbocycles. The van der Waals surface area contributed by atoms with Crippen molar-refractivity contribution in [3.63, 3.8) is 0 Å². The van der Waals surface area contributed by atoms with Crippen LogP contribution in [-0.4, -0.2) is 24.5 Å². The summed E-state index contributed by atoms with van der Waals surface area (Å²) >= 11 is 0. The van der Waals surface area contributed by atoms with Crippen LogP contribution in [0.2, 0.25) is 0 Å². The fourth-order valence-corrected chi connectivity index (χ4v) is 2.93. The van der Waals surface area contributed by atoms with Crippen LogP contribution in [0.25, 0.3) is 0 Å². The average Bonchev–Trinajstić information content (AvgIpc) is 3.22. The van der Waals surface area contributed by atoms with E-state index in [1.165, 1.54) is 6.07 Å². The van der Waals surface area contributed by atoms with Gasteiger partial charge in [0.1, 0.15) is 5.82 Å². The first-order valence-electron chi connectivity index (χ1n) is 7.99. The quantitative estimate of drug-likeness (QED) is 0.758. The van der Waals surface area contributed by atoms with Crippen LogP contribution in [0.1, 0.15) is 50.0 Å². The Morgan fingerprint density at radius 2 is 1.95 bits per heavy atom. The molecule has 0 spiro atoms. The lowest BCUT2D eigenvalue weighted by Gasteiger charge is -2.36. The van der Waals surface area contributed by atoms with Crippen LogP contribution in [-0.2, 0) is 4.79 Å². The van der Waals surface area contributed by atoms with E-state index >= 15 is 0 Å². The Balaban J connectivity index is 1.28. The zero-order valence-electron chi connectivity index (χ0n) is 12.3. The Labute approximate surface area is 125 Å². The molecule has 2 N–H and O–H groups in total. The molecule has 21 heavy (non-hydrogen) atoms. The predicted molar refractivity (Wildman–Crippen MR) is 80.6 cm³/mol. The van der Waals surface area contributed by atoms with Crippen molar-refractivity contribution < 1.29 is 9.18 Å². The van der Waals surface area contributed by atoms with Gasteiger partial charge in [-0.05, 0) is 56.2 Å². The SMILES string of the molecule is O=C(CCCNC1CC(c2ccccc2F)C1)NC1CC1. The number of amides is 1. The van der Waals surface area contributed by atoms with Gasteiger partial charge < -0.3 is 10.6 Å². The first-order chi connectivity index (χ1) is 10.2. The minimum absolute atomic E-state index is 0.0855. The van der Waals surface area contributed by atoms with E-state index in [1.54, 1.807) is 6.07 Å². The van der Waals surface area contributed by atoms with Crippen LogP contribution in [0.5, 0.6) is 0 Å². The fraction of sp³-hybridized carbons (Fsp3) is 0.588. The topological polar surface area (TPSA) is 41.1 Å². The number of rotatable bonds is 7. The van der Waals surface area contributed by atoms with Crippen molar-refractivity contribution in [2.24, 2.45) is 0 Å². The summed E-state index contributed by atoms with van der Waals surface area (Å²) in [7, 11) is 0. The molecule has 3 rings (SSSR count). The molecule has 0 radical (unpaired) electrons. The lowest BCUT2D eigenvalue weighted by Crippen LogP contribution is -2.41. The standard InChI is InChI=1S/C17H23FN2O/c18-16-5-2-1-4-15(16)12-10-14(11-12)19-9-3-6-17(21)20-13-7-8-13/h1-2,4-5,12-14,19H,3,6-11H2,(H,20,21). The molecule has 4 heteroatoms. The van der Waals surface area contributed by atoms with Gasteiger partial charge >= 0.3 is 0 Å². The third kappa shape index (κ3) is 4.03. The molecule has 0 heterocycles. The minimum atomic E-state index is -0.0855. The van der Waals surface area contributed by atoms with E-state index in [2.05, 4.69) is 10.6 Å². The lowest BCUT2D eigenvalue weighted by molar-refractivity contribution is -0.121. The van der Waals surface area contributed by atoms with Crippen LogP contribution in [0.15, 0.2) is 24.3 Å². The van der Waals surface area contributed by atoms with E-state index < -0.39 is 0 Å². The van der Waals surface area contributed by atoms with Gasteiger partial charge in [-0.2, -0.15) is 0 Å². The van der Waals surface area contributed by atoms with Gasteiger partial charge in [0.05, 0.1) is 0 Å². The number of carbonyl (C=O) groups is 1. The van der Waals surface area contributed by atoms with Gasteiger partial charge in [-0.15, -0.1) is 0 Å². The Bertz CT molecular complexity index is 495. The lowest BCUT2D eigenvalue weighted by atomic mass is 9.75. The highest BCUT2D eigenvalue weighted by molar-refractivity contribution is 5.76. The number of carbonyl (C=O) groups excluding carboxylic acids is 1. The molecule has 2 aliphatic carbocycles. The summed E-state index contributed by atoms with van der Waals surface area (Å²) in [5, 5.41) is 6.46. The van der Waals surface area contributed by atoms with Gasteiger partial charge in [0.25, 0.3) is 0 Å². The van der Waals surface area contributed by atoms with Crippen molar-refractivity contribution in [1.29, 1.82) is 0 Å². The van der Waals surface area contributed by atoms with Gasteiger partial charge in [-0.3, -0.25) is 4.79 Å². The summed E-state index contributed by atoms with van der Waals surface area (Å²) < 4.78 is 13.6. The van der Waals surface area contributed by atoms with E-state index in [-0.39, 0.29) is 11.7 Å². The number of hydrogen-bond acceptors (Lipinski definition) is 2. The molecule has 0 aliphatic heterocycles. The maximum Gasteiger partial charge on any atom is 0.220 e. The summed E-state index contributed by atoms with van der Waals surface area (Å²) in [6.45, 7) is 0.868. The molecular formula is C17H23FN2O. The van der Waals surface area contributed by atoms with Crippen molar-refractivity contribution in [3.05, 3.63) is 35.6 Å². The van der Waals surface area contributed by atoms with E-state index in [4.69, 9.17) is 0 Å². The second-order valence-electron chi connectivity index (χ2n) is 6.29. The molecule has 0 unspecified atom stereocenters. The zero-order valence-corrected chi connectivity index (χ0v) is 12.3. The third-order valence-electron chi connectivity index (χ3n) is 4.44. The molecule has 0 aromatic heterocycles. The minimum Gasteiger partial charge on any atom is -0.353 e. The van der Waals surface area contributed by atoms with Crippen molar-refractivity contribution >= 4 is 5.91 Å². The summed E-state index contributed by atoms with van der Waals surface area (Å²) in [4.78, 5) is 11.5. The van der Waals surface area contributed by atoms with Gasteiger partial charge in [0, 0.05) is 18.5 Å². The molecule has 2 fully saturated rings. The van der Waals surface area contributed by atoms with Crippen molar-refractivity contribution in [2.45, 2.75) is 56.5 Å². The molecule has 1 amide bonds. The largest absolute Gasteiger partial charge is 0.353 e. The van der Waals surface area contributed by atoms with E-state index in [1.807, 2.05) is 12.1 Å². The molecular weight excluding hydrogens is 267 g/mol. The molecule has 1 aromatic rings. The van der Waals surface area contributed by atoms with Crippen molar-refractivity contribution in [2.75, 3.05) is 6.54 Å². The molecule has 0 saturated heterocycles. The molecule has 0 atom stereocenters. The number of nitrogens with one attached hydrogen (secondary N) is 2. The first-order valence-corrected chi connectivity index (χ1v) is 7.99. The Morgan fingerprint density at radius 3 is 2.67 bits per heavy atom. The van der Waals surface area contributed by atoms with Crippen LogP contribution in [0, 0.1) is 5.82 Å². The number of hydrogen-bond donors (Lipinski definition) is 2. The molecule has 0 bridgehead atoms. The average molecular weight is 290 g/mol. The van der Waals surface area contributed by atoms with E-state index in [0.717, 1.165) is 44.2 Å². The molecule has 3 nitrogen and oxygen atoms in total. The van der Waals surface area contributed by atoms with Gasteiger partial charge in [-0.25, -0.2) is 4.39 Å². The molecule has 1 aromatic carbocycles. The molecule has 114 valence electrons. The maximum absolute atomic E-state index is 13.6. The smallest absolute Gasteiger partial charge is 0.220 e. The highest BCUT2D eigenvalue weighted by atomic mass is 19.1. The normalized spacial score (nSPS) is 24.4. The predicted octanol–water partition coefficient (Wildman–Crippen LogP) is 2.72. The Kier molecular flexibility index (Phi) is 4.54. The summed E-state index contributed by atoms with van der Waals surface area (Å²) in [5.41, 5.74) is 0.847. The van der Waals surface area contributed by atoms with Crippen LogP contribution in [0.3, 0.4) is 0 Å². The summed E-state index contributed by atoms with van der Waals surface area (Å²) in [5.74, 6) is 0.441. The van der Waals surface area contributed by atoms with Crippen LogP contribution in [0.4, 0.5) is 4.39 Å². The van der Waals surface area contributed by atoms with Crippen LogP contribution >= 0.6 is 0 Å². The second-order valence-corrected chi connectivity index (χ2v) is 6.29. The van der Waals surface area contributed by atoms with E-state index in [0.29, 0.717) is 24.4 Å². The van der Waals surface area contributed by atoms with Gasteiger partial charge in [0.2, 0.25) is 5.91 Å². The van der Waals surface area contributed by atoms with Gasteiger partial charge in [0.15, 0.2) is 0 Å². The third-order valence-corrected chi connectivity index (χ3v) is 4.44. The van der Waals surface area contributed by atoms with Crippen LogP contribution < -0.4 is 10.6 Å². The molecule has 2 aliphatic rings. The first kappa shape index (κ1) is 14.5. The van der Waals surface area contributed by atoms with Gasteiger partial charge in [-0.1, -0.05) is 18.2 Å². The fourth-order valence-electron chi connectivity index (χ4n) is 2.93. The van der Waals surface area contributed by atoms with E-state index in [9.17, 15) is 9.18 Å². The Hall–Kier alpha value is -1.42. The summed E-state index contributed by atoms with van der Waals surface area (Å²) in [6, 6.07) is 7.99. The zero-order chi connectivity index (χ0) is 14.7. The number of benzene rings is 1. The maximum atomic E-state index is 13.6. The second kappa shape index (κ2) is 6.56. The summed E-state index contributed by atoms with van der Waals surface area (Å²) in [6.07, 6.45) is 5.75. The van der Waals surface area contributed by atoms with Crippen molar-refractivity contribution in [1.82, 2.24) is 10.6 Å². The highest BCUT2D eigenvalue weighted by Crippen LogP contribution is 2.37. The Morgan fingerprint density at radius 1 is 1.19 bits per heavy atom.